The highest BCUT2D eigenvalue weighted by Gasteiger charge is 2.38. The highest BCUT2D eigenvalue weighted by Crippen LogP contribution is 2.46. The van der Waals surface area contributed by atoms with E-state index in [1.807, 2.05) is 13.2 Å². The predicted molar refractivity (Wildman–Crippen MR) is 69.6 cm³/mol. The van der Waals surface area contributed by atoms with Gasteiger partial charge >= 0.3 is 0 Å². The van der Waals surface area contributed by atoms with E-state index in [-0.39, 0.29) is 0 Å². The lowest BCUT2D eigenvalue weighted by molar-refractivity contribution is 0.0995. The van der Waals surface area contributed by atoms with Gasteiger partial charge in [0.15, 0.2) is 0 Å². The quantitative estimate of drug-likeness (QED) is 0.872. The summed E-state index contributed by atoms with van der Waals surface area (Å²) in [5.74, 6) is 0.651. The van der Waals surface area contributed by atoms with Gasteiger partial charge in [0.25, 0.3) is 0 Å². The summed E-state index contributed by atoms with van der Waals surface area (Å²) in [6.07, 6.45) is 10.7. The summed E-state index contributed by atoms with van der Waals surface area (Å²) in [6.45, 7) is 4.77. The van der Waals surface area contributed by atoms with Gasteiger partial charge in [-0.1, -0.05) is 26.7 Å². The monoisotopic (exact) mass is 233 g/mol. The van der Waals surface area contributed by atoms with E-state index in [1.54, 1.807) is 12.4 Å². The first kappa shape index (κ1) is 12.5. The van der Waals surface area contributed by atoms with Crippen molar-refractivity contribution < 1.29 is 0 Å². The van der Waals surface area contributed by atoms with Crippen molar-refractivity contribution in [3.63, 3.8) is 0 Å². The van der Waals surface area contributed by atoms with Gasteiger partial charge in [0.2, 0.25) is 0 Å². The van der Waals surface area contributed by atoms with Gasteiger partial charge < -0.3 is 5.32 Å². The maximum atomic E-state index is 4.47. The normalized spacial score (nSPS) is 25.5. The van der Waals surface area contributed by atoms with Gasteiger partial charge in [-0.05, 0) is 31.2 Å². The molecular formula is C14H23N3. The van der Waals surface area contributed by atoms with E-state index in [0.29, 0.717) is 17.4 Å². The van der Waals surface area contributed by atoms with Crippen molar-refractivity contribution >= 4 is 0 Å². The molecule has 17 heavy (non-hydrogen) atoms. The van der Waals surface area contributed by atoms with Crippen LogP contribution in [0.3, 0.4) is 0 Å². The molecule has 0 spiro atoms. The summed E-state index contributed by atoms with van der Waals surface area (Å²) >= 11 is 0. The fourth-order valence-electron chi connectivity index (χ4n) is 3.17. The SMILES string of the molecule is CNC(c1cnccn1)C1CCCCC1(C)C. The maximum absolute atomic E-state index is 4.47. The summed E-state index contributed by atoms with van der Waals surface area (Å²) < 4.78 is 0. The van der Waals surface area contributed by atoms with Gasteiger partial charge in [0.05, 0.1) is 11.7 Å². The zero-order valence-corrected chi connectivity index (χ0v) is 11.1. The fraction of sp³-hybridized carbons (Fsp3) is 0.714. The molecule has 0 bridgehead atoms. The van der Waals surface area contributed by atoms with Crippen molar-refractivity contribution in [3.05, 3.63) is 24.3 Å². The molecule has 1 N–H and O–H groups in total. The van der Waals surface area contributed by atoms with Crippen LogP contribution < -0.4 is 5.32 Å². The van der Waals surface area contributed by atoms with Crippen molar-refractivity contribution in [1.29, 1.82) is 0 Å². The molecular weight excluding hydrogens is 210 g/mol. The molecule has 1 aromatic rings. The van der Waals surface area contributed by atoms with Crippen LogP contribution in [0.2, 0.25) is 0 Å². The largest absolute Gasteiger partial charge is 0.311 e. The summed E-state index contributed by atoms with van der Waals surface area (Å²) in [6, 6.07) is 0.332. The molecule has 2 rings (SSSR count). The van der Waals surface area contributed by atoms with Gasteiger partial charge in [-0.3, -0.25) is 9.97 Å². The highest BCUT2D eigenvalue weighted by atomic mass is 14.9. The maximum Gasteiger partial charge on any atom is 0.0758 e. The first-order chi connectivity index (χ1) is 8.15. The average molecular weight is 233 g/mol. The number of nitrogens with one attached hydrogen (secondary N) is 1. The van der Waals surface area contributed by atoms with Crippen LogP contribution in [0.4, 0.5) is 0 Å². The van der Waals surface area contributed by atoms with Crippen molar-refractivity contribution in [2.45, 2.75) is 45.6 Å². The van der Waals surface area contributed by atoms with Crippen LogP contribution in [0, 0.1) is 11.3 Å². The number of aromatic nitrogens is 2. The zero-order chi connectivity index (χ0) is 12.3. The summed E-state index contributed by atoms with van der Waals surface area (Å²) in [4.78, 5) is 8.66. The molecule has 94 valence electrons. The molecule has 3 heteroatoms. The molecule has 0 amide bonds. The van der Waals surface area contributed by atoms with E-state index >= 15 is 0 Å². The third-order valence-electron chi connectivity index (χ3n) is 4.21. The van der Waals surface area contributed by atoms with Crippen LogP contribution in [-0.2, 0) is 0 Å². The average Bonchev–Trinajstić information content (AvgIpc) is 2.33. The number of hydrogen-bond acceptors (Lipinski definition) is 3. The molecule has 2 unspecified atom stereocenters. The number of rotatable bonds is 3. The Kier molecular flexibility index (Phi) is 3.77. The summed E-state index contributed by atoms with van der Waals surface area (Å²) in [5, 5.41) is 3.44. The molecule has 1 aliphatic rings. The smallest absolute Gasteiger partial charge is 0.0758 e. The highest BCUT2D eigenvalue weighted by molar-refractivity contribution is 5.07. The van der Waals surface area contributed by atoms with Gasteiger partial charge in [-0.2, -0.15) is 0 Å². The van der Waals surface area contributed by atoms with Crippen molar-refractivity contribution in [2.75, 3.05) is 7.05 Å². The molecule has 0 saturated heterocycles. The van der Waals surface area contributed by atoms with Crippen molar-refractivity contribution in [1.82, 2.24) is 15.3 Å². The Morgan fingerprint density at radius 3 is 2.76 bits per heavy atom. The van der Waals surface area contributed by atoms with Gasteiger partial charge in [-0.15, -0.1) is 0 Å². The van der Waals surface area contributed by atoms with Crippen LogP contribution in [-0.4, -0.2) is 17.0 Å². The van der Waals surface area contributed by atoms with E-state index in [1.165, 1.54) is 25.7 Å². The lowest BCUT2D eigenvalue weighted by Gasteiger charge is -2.42. The first-order valence-corrected chi connectivity index (χ1v) is 6.58. The van der Waals surface area contributed by atoms with Gasteiger partial charge in [0.1, 0.15) is 0 Å². The second-order valence-electron chi connectivity index (χ2n) is 5.74. The number of hydrogen-bond donors (Lipinski definition) is 1. The Morgan fingerprint density at radius 2 is 2.18 bits per heavy atom. The lowest BCUT2D eigenvalue weighted by Crippen LogP contribution is -2.38. The second kappa shape index (κ2) is 5.13. The van der Waals surface area contributed by atoms with Crippen molar-refractivity contribution in [2.24, 2.45) is 11.3 Å². The van der Waals surface area contributed by atoms with E-state index in [0.717, 1.165) is 5.69 Å². The number of nitrogens with zero attached hydrogens (tertiary/aromatic N) is 2. The molecule has 1 aliphatic carbocycles. The van der Waals surface area contributed by atoms with Crippen LogP contribution >= 0.6 is 0 Å². The third kappa shape index (κ3) is 2.65. The predicted octanol–water partition coefficient (Wildman–Crippen LogP) is 2.95. The zero-order valence-electron chi connectivity index (χ0n) is 11.1. The molecule has 1 aromatic heterocycles. The van der Waals surface area contributed by atoms with Crippen LogP contribution in [0.1, 0.15) is 51.3 Å². The molecule has 2 atom stereocenters. The Morgan fingerprint density at radius 1 is 1.35 bits per heavy atom. The second-order valence-corrected chi connectivity index (χ2v) is 5.74. The minimum atomic E-state index is 0.332. The molecule has 1 heterocycles. The van der Waals surface area contributed by atoms with Crippen molar-refractivity contribution in [3.8, 4) is 0 Å². The van der Waals surface area contributed by atoms with E-state index < -0.39 is 0 Å². The lowest BCUT2D eigenvalue weighted by atomic mass is 9.65. The Labute approximate surface area is 104 Å². The third-order valence-corrected chi connectivity index (χ3v) is 4.21. The first-order valence-electron chi connectivity index (χ1n) is 6.58. The van der Waals surface area contributed by atoms with Crippen LogP contribution in [0.5, 0.6) is 0 Å². The molecule has 0 aliphatic heterocycles. The van der Waals surface area contributed by atoms with Gasteiger partial charge in [0, 0.05) is 18.6 Å². The molecule has 0 aromatic carbocycles. The van der Waals surface area contributed by atoms with E-state index in [2.05, 4.69) is 29.1 Å². The topological polar surface area (TPSA) is 37.8 Å². The minimum Gasteiger partial charge on any atom is -0.311 e. The Balaban J connectivity index is 2.23. The van der Waals surface area contributed by atoms with Crippen LogP contribution in [0.15, 0.2) is 18.6 Å². The molecule has 1 saturated carbocycles. The van der Waals surface area contributed by atoms with E-state index in [9.17, 15) is 0 Å². The molecule has 0 radical (unpaired) electrons. The molecule has 1 fully saturated rings. The summed E-state index contributed by atoms with van der Waals surface area (Å²) in [7, 11) is 2.03. The molecule has 3 nitrogen and oxygen atoms in total. The van der Waals surface area contributed by atoms with Gasteiger partial charge in [-0.25, -0.2) is 0 Å². The summed E-state index contributed by atoms with van der Waals surface area (Å²) in [5.41, 5.74) is 1.47. The van der Waals surface area contributed by atoms with E-state index in [4.69, 9.17) is 0 Å². The Hall–Kier alpha value is -0.960. The Bertz CT molecular complexity index is 348. The fourth-order valence-corrected chi connectivity index (χ4v) is 3.17. The van der Waals surface area contributed by atoms with Crippen LogP contribution in [0.25, 0.3) is 0 Å². The minimum absolute atomic E-state index is 0.332. The standard InChI is InChI=1S/C14H23N3/c1-14(2)7-5-4-6-11(14)13(15-3)12-10-16-8-9-17-12/h8-11,13,15H,4-7H2,1-3H3.